The van der Waals surface area contributed by atoms with E-state index in [9.17, 15) is 0 Å². The van der Waals surface area contributed by atoms with E-state index in [2.05, 4.69) is 39.5 Å². The summed E-state index contributed by atoms with van der Waals surface area (Å²) < 4.78 is 5.93. The Hall–Kier alpha value is -0.863. The molecule has 2 heteroatoms. The molecule has 0 amide bonds. The molecule has 0 heterocycles. The van der Waals surface area contributed by atoms with Crippen molar-refractivity contribution in [3.05, 3.63) is 42.5 Å². The van der Waals surface area contributed by atoms with Crippen molar-refractivity contribution in [1.82, 2.24) is 0 Å². The average Bonchev–Trinajstić information content (AvgIpc) is 2.27. The van der Waals surface area contributed by atoms with Crippen LogP contribution < -0.4 is 0 Å². The standard InChI is InChI=1S/C13H20OSi/c1-5-13(3,4)14-15-11(2)12-9-7-6-8-10-12/h6-10H,2,5,15H2,1,3-4H3. The molecule has 15 heavy (non-hydrogen) atoms. The minimum absolute atomic E-state index is 0.00391. The molecule has 0 aliphatic heterocycles. The van der Waals surface area contributed by atoms with Crippen molar-refractivity contribution in [1.29, 1.82) is 0 Å². The van der Waals surface area contributed by atoms with E-state index in [-0.39, 0.29) is 5.60 Å². The van der Waals surface area contributed by atoms with Gasteiger partial charge in [0.15, 0.2) is 9.76 Å². The molecule has 0 aromatic heterocycles. The van der Waals surface area contributed by atoms with Crippen LogP contribution in [0.15, 0.2) is 36.9 Å². The smallest absolute Gasteiger partial charge is 0.192 e. The Morgan fingerprint density at radius 1 is 1.33 bits per heavy atom. The van der Waals surface area contributed by atoms with Crippen LogP contribution in [0.1, 0.15) is 32.8 Å². The molecular formula is C13H20OSi. The largest absolute Gasteiger partial charge is 0.414 e. The molecule has 0 unspecified atom stereocenters. The topological polar surface area (TPSA) is 9.23 Å². The van der Waals surface area contributed by atoms with Crippen LogP contribution in [0.4, 0.5) is 0 Å². The van der Waals surface area contributed by atoms with Gasteiger partial charge in [-0.05, 0) is 31.0 Å². The van der Waals surface area contributed by atoms with Gasteiger partial charge >= 0.3 is 0 Å². The lowest BCUT2D eigenvalue weighted by molar-refractivity contribution is 0.115. The van der Waals surface area contributed by atoms with Crippen LogP contribution in [-0.4, -0.2) is 15.4 Å². The third-order valence-electron chi connectivity index (χ3n) is 2.67. The fourth-order valence-corrected chi connectivity index (χ4v) is 2.31. The molecule has 0 bridgehead atoms. The Balaban J connectivity index is 2.51. The highest BCUT2D eigenvalue weighted by atomic mass is 28.2. The maximum atomic E-state index is 5.93. The highest BCUT2D eigenvalue weighted by Gasteiger charge is 2.15. The van der Waals surface area contributed by atoms with E-state index in [0.717, 1.165) is 6.42 Å². The van der Waals surface area contributed by atoms with Gasteiger partial charge in [0, 0.05) is 0 Å². The van der Waals surface area contributed by atoms with E-state index in [4.69, 9.17) is 4.43 Å². The second kappa shape index (κ2) is 5.28. The number of benzene rings is 1. The maximum Gasteiger partial charge on any atom is 0.192 e. The predicted octanol–water partition coefficient (Wildman–Crippen LogP) is 2.95. The lowest BCUT2D eigenvalue weighted by Gasteiger charge is -2.24. The average molecular weight is 220 g/mol. The molecule has 0 aliphatic rings. The van der Waals surface area contributed by atoms with E-state index in [0.29, 0.717) is 0 Å². The zero-order valence-corrected chi connectivity index (χ0v) is 11.3. The molecule has 0 atom stereocenters. The van der Waals surface area contributed by atoms with Crippen LogP contribution in [0.2, 0.25) is 0 Å². The second-order valence-corrected chi connectivity index (χ2v) is 5.80. The molecule has 0 radical (unpaired) electrons. The first-order valence-corrected chi connectivity index (χ1v) is 6.71. The van der Waals surface area contributed by atoms with Crippen molar-refractivity contribution in [2.75, 3.05) is 0 Å². The predicted molar refractivity (Wildman–Crippen MR) is 69.5 cm³/mol. The monoisotopic (exact) mass is 220 g/mol. The van der Waals surface area contributed by atoms with Gasteiger partial charge in [0.2, 0.25) is 0 Å². The molecule has 0 aliphatic carbocycles. The normalized spacial score (nSPS) is 12.2. The Morgan fingerprint density at radius 2 is 1.93 bits per heavy atom. The molecule has 0 saturated carbocycles. The van der Waals surface area contributed by atoms with Gasteiger partial charge in [-0.25, -0.2) is 0 Å². The summed E-state index contributed by atoms with van der Waals surface area (Å²) >= 11 is 0. The first-order chi connectivity index (χ1) is 7.05. The van der Waals surface area contributed by atoms with Crippen LogP contribution >= 0.6 is 0 Å². The van der Waals surface area contributed by atoms with Crippen LogP contribution in [0.25, 0.3) is 5.20 Å². The third-order valence-corrected chi connectivity index (χ3v) is 4.35. The van der Waals surface area contributed by atoms with Gasteiger partial charge in [-0.15, -0.1) is 0 Å². The molecule has 1 aromatic rings. The zero-order chi connectivity index (χ0) is 11.3. The van der Waals surface area contributed by atoms with Gasteiger partial charge in [-0.3, -0.25) is 0 Å². The van der Waals surface area contributed by atoms with Gasteiger partial charge in [-0.2, -0.15) is 0 Å². The number of hydrogen-bond acceptors (Lipinski definition) is 1. The van der Waals surface area contributed by atoms with Crippen LogP contribution in [-0.2, 0) is 4.43 Å². The van der Waals surface area contributed by atoms with Crippen molar-refractivity contribution in [3.8, 4) is 0 Å². The molecule has 0 spiro atoms. The second-order valence-electron chi connectivity index (χ2n) is 4.37. The summed E-state index contributed by atoms with van der Waals surface area (Å²) in [6.07, 6.45) is 1.04. The van der Waals surface area contributed by atoms with Gasteiger partial charge in [0.1, 0.15) is 0 Å². The first-order valence-electron chi connectivity index (χ1n) is 5.42. The molecule has 0 N–H and O–H groups in total. The van der Waals surface area contributed by atoms with E-state index in [1.807, 2.05) is 18.2 Å². The quantitative estimate of drug-likeness (QED) is 0.693. The van der Waals surface area contributed by atoms with Crippen LogP contribution in [0.5, 0.6) is 0 Å². The molecule has 0 fully saturated rings. The van der Waals surface area contributed by atoms with E-state index >= 15 is 0 Å². The van der Waals surface area contributed by atoms with Crippen molar-refractivity contribution in [2.24, 2.45) is 0 Å². The van der Waals surface area contributed by atoms with E-state index in [1.165, 1.54) is 10.8 Å². The summed E-state index contributed by atoms with van der Waals surface area (Å²) in [5, 5.41) is 1.18. The van der Waals surface area contributed by atoms with E-state index < -0.39 is 9.76 Å². The highest BCUT2D eigenvalue weighted by Crippen LogP contribution is 2.17. The number of hydrogen-bond donors (Lipinski definition) is 0. The summed E-state index contributed by atoms with van der Waals surface area (Å²) in [4.78, 5) is 0. The number of rotatable bonds is 5. The van der Waals surface area contributed by atoms with Crippen molar-refractivity contribution in [3.63, 3.8) is 0 Å². The molecule has 82 valence electrons. The lowest BCUT2D eigenvalue weighted by Crippen LogP contribution is -2.25. The van der Waals surface area contributed by atoms with Crippen molar-refractivity contribution in [2.45, 2.75) is 32.8 Å². The minimum Gasteiger partial charge on any atom is -0.414 e. The van der Waals surface area contributed by atoms with Crippen molar-refractivity contribution < 1.29 is 4.43 Å². The Kier molecular flexibility index (Phi) is 4.30. The molecule has 0 saturated heterocycles. The summed E-state index contributed by atoms with van der Waals surface area (Å²) in [6.45, 7) is 10.5. The van der Waals surface area contributed by atoms with Gasteiger partial charge in [-0.1, -0.05) is 43.8 Å². The lowest BCUT2D eigenvalue weighted by atomic mass is 10.1. The molecule has 1 rings (SSSR count). The minimum atomic E-state index is -0.672. The Morgan fingerprint density at radius 3 is 2.47 bits per heavy atom. The van der Waals surface area contributed by atoms with Gasteiger partial charge < -0.3 is 4.43 Å². The Bertz CT molecular complexity index is 317. The summed E-state index contributed by atoms with van der Waals surface area (Å²) in [5.41, 5.74) is 1.22. The van der Waals surface area contributed by atoms with Crippen LogP contribution in [0, 0.1) is 0 Å². The van der Waals surface area contributed by atoms with Crippen molar-refractivity contribution >= 4 is 15.0 Å². The molecular weight excluding hydrogens is 200 g/mol. The third kappa shape index (κ3) is 4.02. The molecule has 1 nitrogen and oxygen atoms in total. The van der Waals surface area contributed by atoms with E-state index in [1.54, 1.807) is 0 Å². The molecule has 1 aromatic carbocycles. The Labute approximate surface area is 95.1 Å². The fourth-order valence-electron chi connectivity index (χ4n) is 1.14. The zero-order valence-electron chi connectivity index (χ0n) is 9.92. The summed E-state index contributed by atoms with van der Waals surface area (Å²) in [6, 6.07) is 10.3. The SMILES string of the molecule is C=C([SiH2]OC(C)(C)CC)c1ccccc1. The fraction of sp³-hybridized carbons (Fsp3) is 0.385. The highest BCUT2D eigenvalue weighted by molar-refractivity contribution is 6.54. The maximum absolute atomic E-state index is 5.93. The van der Waals surface area contributed by atoms with Gasteiger partial charge in [0.05, 0.1) is 5.60 Å². The van der Waals surface area contributed by atoms with Crippen LogP contribution in [0.3, 0.4) is 0 Å². The summed E-state index contributed by atoms with van der Waals surface area (Å²) in [7, 11) is -0.672. The first kappa shape index (κ1) is 12.2. The summed E-state index contributed by atoms with van der Waals surface area (Å²) in [5.74, 6) is 0. The van der Waals surface area contributed by atoms with Gasteiger partial charge in [0.25, 0.3) is 0 Å².